The normalized spacial score (nSPS) is 12.9. The Morgan fingerprint density at radius 2 is 2.36 bits per heavy atom. The lowest BCUT2D eigenvalue weighted by molar-refractivity contribution is -0.121. The van der Waals surface area contributed by atoms with Crippen LogP contribution in [0.15, 0.2) is 0 Å². The fourth-order valence-corrected chi connectivity index (χ4v) is 0.942. The Balaban J connectivity index is 3.17. The van der Waals surface area contributed by atoms with Crippen LogP contribution in [-0.4, -0.2) is 31.0 Å². The molecule has 66 valence electrons. The topological polar surface area (TPSA) is 55.1 Å². The highest BCUT2D eigenvalue weighted by atomic mass is 32.2. The quantitative estimate of drug-likeness (QED) is 0.563. The fourth-order valence-electron chi connectivity index (χ4n) is 0.593. The third-order valence-electron chi connectivity index (χ3n) is 1.42. The van der Waals surface area contributed by atoms with Gasteiger partial charge in [0.05, 0.1) is 0 Å². The summed E-state index contributed by atoms with van der Waals surface area (Å²) in [7, 11) is 0. The van der Waals surface area contributed by atoms with Crippen LogP contribution in [0.1, 0.15) is 6.92 Å². The van der Waals surface area contributed by atoms with E-state index in [0.717, 1.165) is 12.3 Å². The maximum atomic E-state index is 10.5. The molecule has 0 aromatic rings. The number of nitrogens with one attached hydrogen (secondary N) is 1. The molecule has 0 aliphatic carbocycles. The van der Waals surface area contributed by atoms with Crippen molar-refractivity contribution < 1.29 is 4.79 Å². The second-order valence-corrected chi connectivity index (χ2v) is 3.49. The maximum Gasteiger partial charge on any atom is 0.221 e. The zero-order valence-electron chi connectivity index (χ0n) is 7.09. The van der Waals surface area contributed by atoms with Crippen LogP contribution in [0.3, 0.4) is 0 Å². The minimum absolute atomic E-state index is 0.0585. The molecule has 0 bridgehead atoms. The molecular weight excluding hydrogens is 160 g/mol. The number of carbonyl (C=O) groups excluding carboxylic acids is 1. The van der Waals surface area contributed by atoms with Gasteiger partial charge in [0.15, 0.2) is 0 Å². The van der Waals surface area contributed by atoms with Gasteiger partial charge in [0.25, 0.3) is 0 Å². The van der Waals surface area contributed by atoms with E-state index >= 15 is 0 Å². The first-order valence-electron chi connectivity index (χ1n) is 3.67. The van der Waals surface area contributed by atoms with Crippen molar-refractivity contribution in [3.63, 3.8) is 0 Å². The van der Waals surface area contributed by atoms with Gasteiger partial charge in [-0.2, -0.15) is 11.8 Å². The molecule has 0 spiro atoms. The van der Waals surface area contributed by atoms with E-state index in [0.29, 0.717) is 6.54 Å². The maximum absolute atomic E-state index is 10.5. The minimum atomic E-state index is -0.235. The van der Waals surface area contributed by atoms with Crippen molar-refractivity contribution >= 4 is 17.7 Å². The molecule has 0 aromatic heterocycles. The van der Waals surface area contributed by atoms with Crippen LogP contribution in [0.2, 0.25) is 0 Å². The summed E-state index contributed by atoms with van der Waals surface area (Å²) in [5, 5.41) is 3.15. The zero-order valence-corrected chi connectivity index (χ0v) is 7.91. The van der Waals surface area contributed by atoms with Gasteiger partial charge in [-0.25, -0.2) is 0 Å². The van der Waals surface area contributed by atoms with Gasteiger partial charge in [0.2, 0.25) is 5.91 Å². The average Bonchev–Trinajstić information content (AvgIpc) is 1.97. The fraction of sp³-hybridized carbons (Fsp3) is 0.857. The summed E-state index contributed by atoms with van der Waals surface area (Å²) in [5.41, 5.74) is 5.07. The molecule has 1 unspecified atom stereocenters. The number of hydrogen-bond acceptors (Lipinski definition) is 3. The van der Waals surface area contributed by atoms with E-state index < -0.39 is 0 Å². The second-order valence-electron chi connectivity index (χ2n) is 2.50. The van der Waals surface area contributed by atoms with E-state index in [1.54, 1.807) is 11.8 Å². The van der Waals surface area contributed by atoms with Gasteiger partial charge in [-0.05, 0) is 6.26 Å². The Morgan fingerprint density at radius 3 is 2.82 bits per heavy atom. The largest absolute Gasteiger partial charge is 0.369 e. The molecule has 0 rings (SSSR count). The minimum Gasteiger partial charge on any atom is -0.369 e. The van der Waals surface area contributed by atoms with Crippen molar-refractivity contribution in [1.29, 1.82) is 0 Å². The van der Waals surface area contributed by atoms with Crippen LogP contribution in [0, 0.1) is 5.92 Å². The van der Waals surface area contributed by atoms with Gasteiger partial charge >= 0.3 is 0 Å². The molecule has 0 radical (unpaired) electrons. The first kappa shape index (κ1) is 10.8. The van der Waals surface area contributed by atoms with Crippen molar-refractivity contribution in [2.24, 2.45) is 11.7 Å². The van der Waals surface area contributed by atoms with Gasteiger partial charge in [-0.1, -0.05) is 6.92 Å². The van der Waals surface area contributed by atoms with Crippen molar-refractivity contribution in [3.8, 4) is 0 Å². The highest BCUT2D eigenvalue weighted by Crippen LogP contribution is 1.91. The van der Waals surface area contributed by atoms with Crippen molar-refractivity contribution in [1.82, 2.24) is 5.32 Å². The predicted octanol–water partition coefficient (Wildman–Crippen LogP) is 0.0604. The van der Waals surface area contributed by atoms with E-state index in [-0.39, 0.29) is 11.8 Å². The highest BCUT2D eigenvalue weighted by molar-refractivity contribution is 7.98. The lowest BCUT2D eigenvalue weighted by atomic mass is 10.2. The predicted molar refractivity (Wildman–Crippen MR) is 49.6 cm³/mol. The Bertz CT molecular complexity index is 119. The number of hydrogen-bond donors (Lipinski definition) is 2. The molecule has 0 saturated heterocycles. The van der Waals surface area contributed by atoms with Gasteiger partial charge in [-0.15, -0.1) is 0 Å². The zero-order chi connectivity index (χ0) is 8.69. The summed E-state index contributed by atoms with van der Waals surface area (Å²) in [6, 6.07) is 0. The van der Waals surface area contributed by atoms with E-state index in [1.807, 2.05) is 6.92 Å². The first-order valence-corrected chi connectivity index (χ1v) is 5.06. The summed E-state index contributed by atoms with van der Waals surface area (Å²) in [5.74, 6) is 0.782. The van der Waals surface area contributed by atoms with Crippen LogP contribution in [-0.2, 0) is 4.79 Å². The summed E-state index contributed by atoms with van der Waals surface area (Å²) in [6.45, 7) is 3.46. The molecule has 3 nitrogen and oxygen atoms in total. The molecule has 0 aliphatic rings. The molecule has 1 atom stereocenters. The van der Waals surface area contributed by atoms with Crippen LogP contribution >= 0.6 is 11.8 Å². The van der Waals surface area contributed by atoms with Crippen molar-refractivity contribution in [3.05, 3.63) is 0 Å². The van der Waals surface area contributed by atoms with Crippen LogP contribution in [0.4, 0.5) is 0 Å². The van der Waals surface area contributed by atoms with Crippen molar-refractivity contribution in [2.75, 3.05) is 25.1 Å². The van der Waals surface area contributed by atoms with Crippen LogP contribution in [0.5, 0.6) is 0 Å². The molecule has 0 aliphatic heterocycles. The van der Waals surface area contributed by atoms with Crippen LogP contribution < -0.4 is 11.1 Å². The second kappa shape index (κ2) is 6.49. The van der Waals surface area contributed by atoms with E-state index in [4.69, 9.17) is 5.73 Å². The lowest BCUT2D eigenvalue weighted by Crippen LogP contribution is -2.31. The molecule has 3 N–H and O–H groups in total. The van der Waals surface area contributed by atoms with Gasteiger partial charge in [0, 0.05) is 24.8 Å². The molecule has 0 heterocycles. The third kappa shape index (κ3) is 6.19. The van der Waals surface area contributed by atoms with Gasteiger partial charge in [0.1, 0.15) is 0 Å². The molecule has 0 aromatic carbocycles. The van der Waals surface area contributed by atoms with Gasteiger partial charge < -0.3 is 11.1 Å². The number of rotatable bonds is 6. The third-order valence-corrected chi connectivity index (χ3v) is 2.03. The number of nitrogens with two attached hydrogens (primary N) is 1. The monoisotopic (exact) mass is 176 g/mol. The van der Waals surface area contributed by atoms with Gasteiger partial charge in [-0.3, -0.25) is 4.79 Å². The molecule has 11 heavy (non-hydrogen) atoms. The number of carbonyl (C=O) groups is 1. The average molecular weight is 176 g/mol. The molecular formula is C7H16N2OS. The summed E-state index contributed by atoms with van der Waals surface area (Å²) >= 11 is 1.78. The molecule has 0 saturated carbocycles. The Hall–Kier alpha value is -0.220. The van der Waals surface area contributed by atoms with Crippen molar-refractivity contribution in [2.45, 2.75) is 6.92 Å². The Kier molecular flexibility index (Phi) is 6.36. The summed E-state index contributed by atoms with van der Waals surface area (Å²) < 4.78 is 0. The number of thioether (sulfide) groups is 1. The van der Waals surface area contributed by atoms with E-state index in [9.17, 15) is 4.79 Å². The lowest BCUT2D eigenvalue weighted by Gasteiger charge is -2.07. The Labute approximate surface area is 72.1 Å². The smallest absolute Gasteiger partial charge is 0.221 e. The number of amides is 1. The van der Waals surface area contributed by atoms with Crippen LogP contribution in [0.25, 0.3) is 0 Å². The molecule has 0 fully saturated rings. The Morgan fingerprint density at radius 1 is 1.73 bits per heavy atom. The SMILES string of the molecule is CSCCNCC(C)C(N)=O. The van der Waals surface area contributed by atoms with E-state index in [1.165, 1.54) is 0 Å². The first-order chi connectivity index (χ1) is 5.18. The summed E-state index contributed by atoms with van der Waals surface area (Å²) in [4.78, 5) is 10.5. The highest BCUT2D eigenvalue weighted by Gasteiger charge is 2.06. The number of primary amides is 1. The summed E-state index contributed by atoms with van der Waals surface area (Å²) in [6.07, 6.45) is 2.05. The standard InChI is InChI=1S/C7H16N2OS/c1-6(7(8)10)5-9-3-4-11-2/h6,9H,3-5H2,1-2H3,(H2,8,10). The molecule has 4 heteroatoms. The van der Waals surface area contributed by atoms with E-state index in [2.05, 4.69) is 11.6 Å². The molecule has 1 amide bonds.